The second kappa shape index (κ2) is 9.25. The van der Waals surface area contributed by atoms with Gasteiger partial charge in [-0.15, -0.1) is 0 Å². The molecule has 1 spiro atoms. The maximum Gasteiger partial charge on any atom is 0.318 e. The van der Waals surface area contributed by atoms with E-state index in [0.717, 1.165) is 44.1 Å². The van der Waals surface area contributed by atoms with Crippen molar-refractivity contribution in [2.75, 3.05) is 6.54 Å². The summed E-state index contributed by atoms with van der Waals surface area (Å²) < 4.78 is 13.7. The number of rotatable bonds is 6. The van der Waals surface area contributed by atoms with Gasteiger partial charge >= 0.3 is 6.03 Å². The molecule has 3 aliphatic carbocycles. The number of hydrogen-bond donors (Lipinski definition) is 2. The molecule has 1 heterocycles. The molecule has 178 valence electrons. The predicted octanol–water partition coefficient (Wildman–Crippen LogP) is 6.01. The molecule has 4 aliphatic rings. The third kappa shape index (κ3) is 4.37. The van der Waals surface area contributed by atoms with Crippen molar-refractivity contribution in [2.24, 2.45) is 17.1 Å². The van der Waals surface area contributed by atoms with E-state index in [9.17, 15) is 9.18 Å². The zero-order chi connectivity index (χ0) is 23.0. The molecule has 3 N–H and O–H groups in total. The molecule has 5 rings (SSSR count). The smallest absolute Gasteiger partial charge is 0.318 e. The second-order valence-corrected chi connectivity index (χ2v) is 10.7. The van der Waals surface area contributed by atoms with Gasteiger partial charge in [0.25, 0.3) is 0 Å². The summed E-state index contributed by atoms with van der Waals surface area (Å²) in [4.78, 5) is 15.5. The summed E-state index contributed by atoms with van der Waals surface area (Å²) in [6.45, 7) is 2.96. The Kier molecular flexibility index (Phi) is 6.34. The van der Waals surface area contributed by atoms with E-state index in [2.05, 4.69) is 24.4 Å². The van der Waals surface area contributed by atoms with Crippen LogP contribution < -0.4 is 11.1 Å². The molecule has 1 aromatic carbocycles. The number of halogens is 1. The van der Waals surface area contributed by atoms with Crippen LogP contribution in [0.3, 0.4) is 0 Å². The first kappa shape index (κ1) is 22.6. The van der Waals surface area contributed by atoms with Crippen LogP contribution >= 0.6 is 0 Å². The molecular formula is C28H38FN3O. The predicted molar refractivity (Wildman–Crippen MR) is 130 cm³/mol. The molecule has 0 saturated heterocycles. The minimum Gasteiger partial charge on any atom is -0.335 e. The molecule has 4 atom stereocenters. The number of carbonyl (C=O) groups excluding carboxylic acids is 1. The first-order chi connectivity index (χ1) is 16.0. The maximum absolute atomic E-state index is 13.7. The summed E-state index contributed by atoms with van der Waals surface area (Å²) in [5.74, 6) is 0.437. The molecular weight excluding hydrogens is 413 g/mol. The van der Waals surface area contributed by atoms with E-state index in [1.807, 2.05) is 17.0 Å². The number of hydrogen-bond acceptors (Lipinski definition) is 2. The van der Waals surface area contributed by atoms with Crippen molar-refractivity contribution in [1.82, 2.24) is 10.2 Å². The number of nitrogens with zero attached hydrogens (tertiary/aromatic N) is 1. The number of benzene rings is 1. The number of allylic oxidation sites excluding steroid dienone is 1. The highest BCUT2D eigenvalue weighted by atomic mass is 19.1. The Morgan fingerprint density at radius 2 is 2.03 bits per heavy atom. The Bertz CT molecular complexity index is 933. The molecule has 5 heteroatoms. The van der Waals surface area contributed by atoms with Crippen LogP contribution in [-0.4, -0.2) is 29.6 Å². The first-order valence-electron chi connectivity index (χ1n) is 13.0. The van der Waals surface area contributed by atoms with Crippen LogP contribution in [0.5, 0.6) is 0 Å². The van der Waals surface area contributed by atoms with Crippen LogP contribution in [0.2, 0.25) is 0 Å². The lowest BCUT2D eigenvalue weighted by atomic mass is 9.71. The van der Waals surface area contributed by atoms with Crippen LogP contribution in [0.25, 0.3) is 0 Å². The van der Waals surface area contributed by atoms with Gasteiger partial charge in [-0.25, -0.2) is 9.18 Å². The van der Waals surface area contributed by atoms with Gasteiger partial charge in [-0.1, -0.05) is 56.0 Å². The van der Waals surface area contributed by atoms with Crippen molar-refractivity contribution in [2.45, 2.75) is 89.3 Å². The average Bonchev–Trinajstić information content (AvgIpc) is 3.65. The summed E-state index contributed by atoms with van der Waals surface area (Å²) in [7, 11) is 0. The van der Waals surface area contributed by atoms with Gasteiger partial charge in [-0.3, -0.25) is 0 Å². The number of amides is 2. The van der Waals surface area contributed by atoms with Gasteiger partial charge in [0.15, 0.2) is 0 Å². The van der Waals surface area contributed by atoms with Crippen LogP contribution in [0.1, 0.15) is 82.7 Å². The number of urea groups is 1. The van der Waals surface area contributed by atoms with E-state index >= 15 is 0 Å². The van der Waals surface area contributed by atoms with Crippen LogP contribution in [0.15, 0.2) is 47.6 Å². The summed E-state index contributed by atoms with van der Waals surface area (Å²) in [5.41, 5.74) is 10.1. The summed E-state index contributed by atoms with van der Waals surface area (Å²) >= 11 is 0. The minimum absolute atomic E-state index is 0.00353. The van der Waals surface area contributed by atoms with Crippen molar-refractivity contribution in [3.63, 3.8) is 0 Å². The Balaban J connectivity index is 1.39. The van der Waals surface area contributed by atoms with Crippen molar-refractivity contribution in [3.05, 3.63) is 58.9 Å². The third-order valence-electron chi connectivity index (χ3n) is 8.68. The molecule has 1 aromatic rings. The van der Waals surface area contributed by atoms with Crippen LogP contribution in [0.4, 0.5) is 9.18 Å². The molecule has 1 aliphatic heterocycles. The van der Waals surface area contributed by atoms with E-state index in [0.29, 0.717) is 12.5 Å². The monoisotopic (exact) mass is 451 g/mol. The Hall–Kier alpha value is -2.14. The number of unbranched alkanes of at least 4 members (excludes halogenated alkanes) is 2. The van der Waals surface area contributed by atoms with Crippen molar-refractivity contribution < 1.29 is 9.18 Å². The Labute approximate surface area is 197 Å². The average molecular weight is 452 g/mol. The Morgan fingerprint density at radius 1 is 1.24 bits per heavy atom. The summed E-state index contributed by atoms with van der Waals surface area (Å²) in [6, 6.07) is 6.96. The number of carbonyl (C=O) groups is 1. The van der Waals surface area contributed by atoms with Gasteiger partial charge in [-0.2, -0.15) is 0 Å². The van der Waals surface area contributed by atoms with Gasteiger partial charge in [0.05, 0.1) is 6.04 Å². The van der Waals surface area contributed by atoms with Gasteiger partial charge in [0.2, 0.25) is 0 Å². The molecule has 2 fully saturated rings. The SMILES string of the molecule is CCCCCC1CC=CC2=C(CCN(C(=O)N[C@H]3C[C@@H](N)C34CC4)[C@H]2c2ccc(F)cc2)C1. The topological polar surface area (TPSA) is 58.4 Å². The molecule has 0 bridgehead atoms. The van der Waals surface area contributed by atoms with Gasteiger partial charge in [0.1, 0.15) is 5.82 Å². The summed E-state index contributed by atoms with van der Waals surface area (Å²) in [5, 5.41) is 3.32. The van der Waals surface area contributed by atoms with Crippen LogP contribution in [-0.2, 0) is 0 Å². The fourth-order valence-electron chi connectivity index (χ4n) is 6.38. The largest absolute Gasteiger partial charge is 0.335 e. The lowest BCUT2D eigenvalue weighted by Gasteiger charge is -2.46. The lowest BCUT2D eigenvalue weighted by Crippen LogP contribution is -2.62. The highest BCUT2D eigenvalue weighted by molar-refractivity contribution is 5.77. The highest BCUT2D eigenvalue weighted by Gasteiger charge is 2.62. The van der Waals surface area contributed by atoms with Gasteiger partial charge < -0.3 is 16.0 Å². The fourth-order valence-corrected chi connectivity index (χ4v) is 6.38. The van der Waals surface area contributed by atoms with E-state index < -0.39 is 0 Å². The maximum atomic E-state index is 13.7. The molecule has 4 nitrogen and oxygen atoms in total. The number of nitrogens with one attached hydrogen (secondary N) is 1. The molecule has 0 radical (unpaired) electrons. The van der Waals surface area contributed by atoms with E-state index in [1.165, 1.54) is 49.0 Å². The van der Waals surface area contributed by atoms with Crippen molar-refractivity contribution >= 4 is 6.03 Å². The highest BCUT2D eigenvalue weighted by Crippen LogP contribution is 2.59. The Morgan fingerprint density at radius 3 is 2.73 bits per heavy atom. The fraction of sp³-hybridized carbons (Fsp3) is 0.607. The molecule has 2 amide bonds. The zero-order valence-corrected chi connectivity index (χ0v) is 19.9. The van der Waals surface area contributed by atoms with E-state index in [4.69, 9.17) is 5.73 Å². The normalized spacial score (nSPS) is 30.0. The third-order valence-corrected chi connectivity index (χ3v) is 8.68. The number of nitrogens with two attached hydrogens (primary N) is 1. The molecule has 1 unspecified atom stereocenters. The van der Waals surface area contributed by atoms with Gasteiger partial charge in [0, 0.05) is 24.0 Å². The van der Waals surface area contributed by atoms with E-state index in [1.54, 1.807) is 0 Å². The van der Waals surface area contributed by atoms with Crippen molar-refractivity contribution in [3.8, 4) is 0 Å². The molecule has 2 saturated carbocycles. The minimum atomic E-state index is -0.244. The lowest BCUT2D eigenvalue weighted by molar-refractivity contribution is 0.124. The molecule has 33 heavy (non-hydrogen) atoms. The van der Waals surface area contributed by atoms with Crippen molar-refractivity contribution in [1.29, 1.82) is 0 Å². The zero-order valence-electron chi connectivity index (χ0n) is 19.9. The van der Waals surface area contributed by atoms with E-state index in [-0.39, 0.29) is 35.4 Å². The quantitative estimate of drug-likeness (QED) is 0.521. The second-order valence-electron chi connectivity index (χ2n) is 10.7. The summed E-state index contributed by atoms with van der Waals surface area (Å²) in [6.07, 6.45) is 15.9. The standard InChI is InChI=1S/C28H38FN3O/c1-2-3-4-6-19-7-5-8-23-21(17-19)13-16-32(26(23)20-9-11-22(29)12-10-20)27(33)31-25-18-24(30)28(25)14-15-28/h5,8-12,19,24-26H,2-4,6-7,13-18,30H2,1H3,(H,31,33)/t19?,24-,25+,26+/m1/s1. The molecule has 0 aromatic heterocycles. The van der Waals surface area contributed by atoms with Crippen LogP contribution in [0, 0.1) is 17.2 Å². The van der Waals surface area contributed by atoms with Gasteiger partial charge in [-0.05, 0) is 74.1 Å². The first-order valence-corrected chi connectivity index (χ1v) is 13.0.